The lowest BCUT2D eigenvalue weighted by Gasteiger charge is -2.31. The molecule has 19 heavy (non-hydrogen) atoms. The van der Waals surface area contributed by atoms with E-state index in [0.29, 0.717) is 0 Å². The monoisotopic (exact) mass is 272 g/mol. The number of benzene rings is 1. The molecule has 0 aromatic heterocycles. The second-order valence-electron chi connectivity index (χ2n) is 5.46. The molecule has 1 saturated carbocycles. The van der Waals surface area contributed by atoms with E-state index in [2.05, 4.69) is 48.0 Å². The van der Waals surface area contributed by atoms with Crippen LogP contribution >= 0.6 is 11.8 Å². The van der Waals surface area contributed by atoms with Gasteiger partial charge in [-0.2, -0.15) is 0 Å². The van der Waals surface area contributed by atoms with Gasteiger partial charge in [0.2, 0.25) is 0 Å². The highest BCUT2D eigenvalue weighted by Crippen LogP contribution is 2.39. The van der Waals surface area contributed by atoms with E-state index < -0.39 is 0 Å². The van der Waals surface area contributed by atoms with Crippen molar-refractivity contribution in [3.05, 3.63) is 30.3 Å². The minimum atomic E-state index is 0.821. The van der Waals surface area contributed by atoms with Crippen molar-refractivity contribution in [2.45, 2.75) is 61.5 Å². The third-order valence-corrected chi connectivity index (χ3v) is 5.48. The molecule has 102 valence electrons. The van der Waals surface area contributed by atoms with Crippen molar-refractivity contribution in [2.75, 3.05) is 0 Å². The molecule has 0 amide bonds. The molecule has 1 aromatic carbocycles. The summed E-state index contributed by atoms with van der Waals surface area (Å²) >= 11 is 2.10. The van der Waals surface area contributed by atoms with Crippen LogP contribution in [0.15, 0.2) is 35.2 Å². The molecule has 0 saturated heterocycles. The molecule has 0 N–H and O–H groups in total. The van der Waals surface area contributed by atoms with Gasteiger partial charge in [-0.05, 0) is 43.7 Å². The van der Waals surface area contributed by atoms with Crippen molar-refractivity contribution < 1.29 is 0 Å². The summed E-state index contributed by atoms with van der Waals surface area (Å²) in [5.74, 6) is 3.65. The molecule has 0 radical (unpaired) electrons. The van der Waals surface area contributed by atoms with Crippen molar-refractivity contribution >= 4 is 11.8 Å². The van der Waals surface area contributed by atoms with E-state index in [4.69, 9.17) is 6.42 Å². The molecule has 2 atom stereocenters. The lowest BCUT2D eigenvalue weighted by molar-refractivity contribution is 0.341. The van der Waals surface area contributed by atoms with Crippen LogP contribution in [0.4, 0.5) is 0 Å². The summed E-state index contributed by atoms with van der Waals surface area (Å²) < 4.78 is 0. The van der Waals surface area contributed by atoms with Crippen LogP contribution in [0.3, 0.4) is 0 Å². The maximum absolute atomic E-state index is 5.32. The molecule has 0 nitrogen and oxygen atoms in total. The molecule has 2 rings (SSSR count). The van der Waals surface area contributed by atoms with E-state index in [9.17, 15) is 0 Å². The lowest BCUT2D eigenvalue weighted by atomic mass is 9.85. The largest absolute Gasteiger partial charge is 0.122 e. The molecule has 1 aliphatic rings. The Bertz CT molecular complexity index is 390. The minimum Gasteiger partial charge on any atom is -0.122 e. The second-order valence-corrected chi connectivity index (χ2v) is 6.78. The fourth-order valence-electron chi connectivity index (χ4n) is 2.97. The molecule has 2 unspecified atom stereocenters. The standard InChI is InChI=1S/C18H24S/c1-2-3-4-6-11-16-12-9-10-15-18(16)19-17-13-7-5-8-14-17/h1,5,7-8,13-14,16,18H,3-4,6,9-12,15H2. The third kappa shape index (κ3) is 4.96. The van der Waals surface area contributed by atoms with Crippen LogP contribution in [-0.2, 0) is 0 Å². The van der Waals surface area contributed by atoms with Gasteiger partial charge in [0.1, 0.15) is 0 Å². The summed E-state index contributed by atoms with van der Waals surface area (Å²) in [5.41, 5.74) is 0. The minimum absolute atomic E-state index is 0.821. The fraction of sp³-hybridized carbons (Fsp3) is 0.556. The predicted molar refractivity (Wildman–Crippen MR) is 85.3 cm³/mol. The number of hydrogen-bond donors (Lipinski definition) is 0. The highest BCUT2D eigenvalue weighted by molar-refractivity contribution is 8.00. The van der Waals surface area contributed by atoms with Gasteiger partial charge in [0.05, 0.1) is 0 Å². The van der Waals surface area contributed by atoms with Gasteiger partial charge < -0.3 is 0 Å². The zero-order valence-corrected chi connectivity index (χ0v) is 12.5. The maximum atomic E-state index is 5.32. The van der Waals surface area contributed by atoms with Crippen LogP contribution in [0.2, 0.25) is 0 Å². The molecule has 1 fully saturated rings. The Morgan fingerprint density at radius 3 is 2.68 bits per heavy atom. The van der Waals surface area contributed by atoms with Crippen molar-refractivity contribution in [3.8, 4) is 12.3 Å². The zero-order chi connectivity index (χ0) is 13.3. The smallest absolute Gasteiger partial charge is 0.0123 e. The zero-order valence-electron chi connectivity index (χ0n) is 11.7. The first-order valence-electron chi connectivity index (χ1n) is 7.55. The fourth-order valence-corrected chi connectivity index (χ4v) is 4.38. The molecule has 1 heteroatoms. The number of rotatable bonds is 6. The summed E-state index contributed by atoms with van der Waals surface area (Å²) in [6, 6.07) is 10.9. The van der Waals surface area contributed by atoms with Crippen molar-refractivity contribution in [3.63, 3.8) is 0 Å². The van der Waals surface area contributed by atoms with Crippen LogP contribution in [0.25, 0.3) is 0 Å². The van der Waals surface area contributed by atoms with Crippen LogP contribution in [0, 0.1) is 18.3 Å². The van der Waals surface area contributed by atoms with Crippen molar-refractivity contribution in [1.29, 1.82) is 0 Å². The van der Waals surface area contributed by atoms with E-state index in [1.54, 1.807) is 0 Å². The van der Waals surface area contributed by atoms with E-state index in [1.165, 1.54) is 49.8 Å². The highest BCUT2D eigenvalue weighted by atomic mass is 32.2. The normalized spacial score (nSPS) is 22.9. The maximum Gasteiger partial charge on any atom is 0.0123 e. The van der Waals surface area contributed by atoms with Crippen molar-refractivity contribution in [1.82, 2.24) is 0 Å². The first kappa shape index (κ1) is 14.5. The van der Waals surface area contributed by atoms with Gasteiger partial charge >= 0.3 is 0 Å². The van der Waals surface area contributed by atoms with Gasteiger partial charge in [0.15, 0.2) is 0 Å². The number of thioether (sulfide) groups is 1. The molecular formula is C18H24S. The molecular weight excluding hydrogens is 248 g/mol. The summed E-state index contributed by atoms with van der Waals surface area (Å²) in [6.07, 6.45) is 15.8. The Morgan fingerprint density at radius 1 is 1.11 bits per heavy atom. The SMILES string of the molecule is C#CCCCCC1CCCCC1Sc1ccccc1. The Balaban J connectivity index is 1.84. The number of unbranched alkanes of at least 4 members (excludes halogenated alkanes) is 2. The van der Waals surface area contributed by atoms with E-state index in [-0.39, 0.29) is 0 Å². The molecule has 1 aliphatic carbocycles. The number of terminal acetylenes is 1. The third-order valence-electron chi connectivity index (χ3n) is 4.02. The predicted octanol–water partition coefficient (Wildman–Crippen LogP) is 5.53. The Kier molecular flexibility index (Phi) is 6.37. The lowest BCUT2D eigenvalue weighted by Crippen LogP contribution is -2.21. The van der Waals surface area contributed by atoms with Crippen LogP contribution in [-0.4, -0.2) is 5.25 Å². The van der Waals surface area contributed by atoms with Crippen LogP contribution < -0.4 is 0 Å². The topological polar surface area (TPSA) is 0 Å². The molecule has 0 aliphatic heterocycles. The first-order valence-corrected chi connectivity index (χ1v) is 8.43. The van der Waals surface area contributed by atoms with E-state index >= 15 is 0 Å². The summed E-state index contributed by atoms with van der Waals surface area (Å²) in [5, 5.41) is 0.821. The summed E-state index contributed by atoms with van der Waals surface area (Å²) in [7, 11) is 0. The van der Waals surface area contributed by atoms with Crippen LogP contribution in [0.5, 0.6) is 0 Å². The molecule has 1 aromatic rings. The van der Waals surface area contributed by atoms with Gasteiger partial charge in [-0.15, -0.1) is 24.1 Å². The average molecular weight is 272 g/mol. The molecule has 0 bridgehead atoms. The van der Waals surface area contributed by atoms with Gasteiger partial charge in [-0.1, -0.05) is 37.5 Å². The van der Waals surface area contributed by atoms with Gasteiger partial charge in [-0.25, -0.2) is 0 Å². The Morgan fingerprint density at radius 2 is 1.89 bits per heavy atom. The Labute approximate surface area is 122 Å². The first-order chi connectivity index (χ1) is 9.40. The average Bonchev–Trinajstić information content (AvgIpc) is 2.46. The highest BCUT2D eigenvalue weighted by Gasteiger charge is 2.25. The molecule has 0 spiro atoms. The van der Waals surface area contributed by atoms with E-state index in [1.807, 2.05) is 0 Å². The van der Waals surface area contributed by atoms with Crippen LogP contribution in [0.1, 0.15) is 51.4 Å². The van der Waals surface area contributed by atoms with E-state index in [0.717, 1.165) is 17.6 Å². The van der Waals surface area contributed by atoms with Crippen molar-refractivity contribution in [2.24, 2.45) is 5.92 Å². The quantitative estimate of drug-likeness (QED) is 0.484. The second kappa shape index (κ2) is 8.33. The van der Waals surface area contributed by atoms with Gasteiger partial charge in [-0.3, -0.25) is 0 Å². The van der Waals surface area contributed by atoms with Gasteiger partial charge in [0.25, 0.3) is 0 Å². The number of hydrogen-bond acceptors (Lipinski definition) is 1. The summed E-state index contributed by atoms with van der Waals surface area (Å²) in [6.45, 7) is 0. The molecule has 0 heterocycles. The van der Waals surface area contributed by atoms with Gasteiger partial charge in [0, 0.05) is 16.6 Å². The Hall–Kier alpha value is -0.870. The summed E-state index contributed by atoms with van der Waals surface area (Å²) in [4.78, 5) is 1.43.